The van der Waals surface area contributed by atoms with Gasteiger partial charge in [-0.25, -0.2) is 4.79 Å². The third-order valence-electron chi connectivity index (χ3n) is 3.46. The molecule has 1 fully saturated rings. The molecule has 1 heterocycles. The molecule has 2 rings (SSSR count). The van der Waals surface area contributed by atoms with Crippen LogP contribution < -0.4 is 4.74 Å². The number of para-hydroxylation sites is 1. The van der Waals surface area contributed by atoms with Gasteiger partial charge in [0.15, 0.2) is 6.61 Å². The van der Waals surface area contributed by atoms with E-state index in [1.807, 2.05) is 32.0 Å². The number of benzene rings is 1. The van der Waals surface area contributed by atoms with Gasteiger partial charge in [-0.2, -0.15) is 0 Å². The lowest BCUT2D eigenvalue weighted by Crippen LogP contribution is -2.47. The largest absolute Gasteiger partial charge is 0.483 e. The van der Waals surface area contributed by atoms with Crippen molar-refractivity contribution in [1.29, 1.82) is 0 Å². The molecule has 2 atom stereocenters. The number of aryl methyl sites for hydroxylation is 1. The van der Waals surface area contributed by atoms with Crippen LogP contribution in [0.3, 0.4) is 0 Å². The van der Waals surface area contributed by atoms with Gasteiger partial charge in [-0.3, -0.25) is 4.79 Å². The summed E-state index contributed by atoms with van der Waals surface area (Å²) in [6.45, 7) is 3.72. The van der Waals surface area contributed by atoms with E-state index < -0.39 is 12.0 Å². The maximum absolute atomic E-state index is 12.3. The Morgan fingerprint density at radius 3 is 2.76 bits per heavy atom. The summed E-state index contributed by atoms with van der Waals surface area (Å²) in [4.78, 5) is 25.0. The number of hydrogen-bond donors (Lipinski definition) is 1. The molecule has 1 aliphatic rings. The number of carbonyl (C=O) groups is 2. The summed E-state index contributed by atoms with van der Waals surface area (Å²) in [5.41, 5.74) is 0.947. The molecule has 114 valence electrons. The molecule has 5 nitrogen and oxygen atoms in total. The van der Waals surface area contributed by atoms with Gasteiger partial charge in [-0.1, -0.05) is 25.1 Å². The van der Waals surface area contributed by atoms with Crippen LogP contribution in [-0.4, -0.2) is 45.7 Å². The second kappa shape index (κ2) is 6.85. The van der Waals surface area contributed by atoms with Crippen LogP contribution in [0, 0.1) is 6.92 Å². The summed E-state index contributed by atoms with van der Waals surface area (Å²) in [5.74, 6) is -0.146. The molecule has 0 aromatic heterocycles. The molecule has 0 spiro atoms. The maximum Gasteiger partial charge on any atom is 0.327 e. The Bertz CT molecular complexity index is 534. The number of carboxylic acid groups (broad SMARTS) is 1. The van der Waals surface area contributed by atoms with Crippen LogP contribution in [0.4, 0.5) is 0 Å². The first kappa shape index (κ1) is 15.7. The van der Waals surface area contributed by atoms with Crippen LogP contribution in [0.15, 0.2) is 24.3 Å². The number of carbonyl (C=O) groups excluding carboxylic acids is 1. The van der Waals surface area contributed by atoms with Crippen molar-refractivity contribution in [3.05, 3.63) is 29.8 Å². The summed E-state index contributed by atoms with van der Waals surface area (Å²) < 4.78 is 5.54. The average Bonchev–Trinajstić information content (AvgIpc) is 2.90. The lowest BCUT2D eigenvalue weighted by Gasteiger charge is -2.26. The van der Waals surface area contributed by atoms with Crippen molar-refractivity contribution in [2.24, 2.45) is 0 Å². The van der Waals surface area contributed by atoms with Gasteiger partial charge in [-0.15, -0.1) is 11.8 Å². The second-order valence-corrected chi connectivity index (χ2v) is 6.12. The number of hydrogen-bond acceptors (Lipinski definition) is 4. The highest BCUT2D eigenvalue weighted by Crippen LogP contribution is 2.31. The van der Waals surface area contributed by atoms with Crippen LogP contribution in [-0.2, 0) is 9.59 Å². The molecule has 0 saturated carbocycles. The minimum absolute atomic E-state index is 0.0842. The monoisotopic (exact) mass is 309 g/mol. The van der Waals surface area contributed by atoms with Gasteiger partial charge < -0.3 is 14.7 Å². The number of rotatable bonds is 5. The zero-order valence-electron chi connectivity index (χ0n) is 12.1. The molecular weight excluding hydrogens is 290 g/mol. The fraction of sp³-hybridized carbons (Fsp3) is 0.467. The van der Waals surface area contributed by atoms with Crippen molar-refractivity contribution >= 4 is 23.6 Å². The van der Waals surface area contributed by atoms with Crippen molar-refractivity contribution in [3.63, 3.8) is 0 Å². The quantitative estimate of drug-likeness (QED) is 0.902. The molecule has 1 saturated heterocycles. The zero-order chi connectivity index (χ0) is 15.4. The van der Waals surface area contributed by atoms with Crippen molar-refractivity contribution in [2.75, 3.05) is 12.4 Å². The molecule has 1 N–H and O–H groups in total. The van der Waals surface area contributed by atoms with Gasteiger partial charge in [-0.05, 0) is 25.0 Å². The Balaban J connectivity index is 2.04. The summed E-state index contributed by atoms with van der Waals surface area (Å²) >= 11 is 1.51. The van der Waals surface area contributed by atoms with E-state index in [9.17, 15) is 14.7 Å². The summed E-state index contributed by atoms with van der Waals surface area (Å²) in [5, 5.41) is 9.14. The number of ether oxygens (including phenoxy) is 1. The van der Waals surface area contributed by atoms with Gasteiger partial charge in [0.25, 0.3) is 5.91 Å². The normalized spacial score (nSPS) is 21.3. The van der Waals surface area contributed by atoms with E-state index in [1.54, 1.807) is 6.07 Å². The summed E-state index contributed by atoms with van der Waals surface area (Å²) in [6.07, 6.45) is 0.727. The topological polar surface area (TPSA) is 66.8 Å². The highest BCUT2D eigenvalue weighted by atomic mass is 32.2. The molecule has 1 aliphatic heterocycles. The highest BCUT2D eigenvalue weighted by molar-refractivity contribution is 8.00. The first-order chi connectivity index (χ1) is 10.0. The van der Waals surface area contributed by atoms with Crippen LogP contribution in [0.5, 0.6) is 5.75 Å². The zero-order valence-corrected chi connectivity index (χ0v) is 12.9. The van der Waals surface area contributed by atoms with Crippen LogP contribution in [0.1, 0.15) is 18.9 Å². The van der Waals surface area contributed by atoms with E-state index in [1.165, 1.54) is 16.7 Å². The lowest BCUT2D eigenvalue weighted by atomic mass is 10.2. The van der Waals surface area contributed by atoms with Crippen molar-refractivity contribution < 1.29 is 19.4 Å². The summed E-state index contributed by atoms with van der Waals surface area (Å²) in [7, 11) is 0. The molecule has 0 aliphatic carbocycles. The standard InChI is InChI=1S/C15H19NO4S/c1-3-14-16(11(9-21-14)15(18)19)13(17)8-20-12-7-5-4-6-10(12)2/h4-7,11,14H,3,8-9H2,1-2H3,(H,18,19). The van der Waals surface area contributed by atoms with E-state index in [-0.39, 0.29) is 17.9 Å². The van der Waals surface area contributed by atoms with Gasteiger partial charge in [0.05, 0.1) is 5.37 Å². The van der Waals surface area contributed by atoms with E-state index in [0.29, 0.717) is 11.5 Å². The van der Waals surface area contributed by atoms with Crippen LogP contribution >= 0.6 is 11.8 Å². The average molecular weight is 309 g/mol. The molecule has 1 aromatic rings. The molecule has 21 heavy (non-hydrogen) atoms. The molecular formula is C15H19NO4S. The van der Waals surface area contributed by atoms with Crippen molar-refractivity contribution in [3.8, 4) is 5.75 Å². The summed E-state index contributed by atoms with van der Waals surface area (Å²) in [6, 6.07) is 6.68. The van der Waals surface area contributed by atoms with Crippen LogP contribution in [0.2, 0.25) is 0 Å². The lowest BCUT2D eigenvalue weighted by molar-refractivity contribution is -0.150. The highest BCUT2D eigenvalue weighted by Gasteiger charge is 2.40. The Labute approximate surface area is 128 Å². The first-order valence-corrected chi connectivity index (χ1v) is 7.93. The predicted octanol–water partition coefficient (Wildman–Crippen LogP) is 2.14. The maximum atomic E-state index is 12.3. The number of amides is 1. The Kier molecular flexibility index (Phi) is 5.12. The number of nitrogens with zero attached hydrogens (tertiary/aromatic N) is 1. The molecule has 0 bridgehead atoms. The third kappa shape index (κ3) is 3.50. The number of thioether (sulfide) groups is 1. The molecule has 1 aromatic carbocycles. The molecule has 0 radical (unpaired) electrons. The minimum atomic E-state index is -0.956. The fourth-order valence-electron chi connectivity index (χ4n) is 2.34. The van der Waals surface area contributed by atoms with Crippen molar-refractivity contribution in [1.82, 2.24) is 4.90 Å². The number of aliphatic carboxylic acids is 1. The fourth-order valence-corrected chi connectivity index (χ4v) is 3.70. The van der Waals surface area contributed by atoms with E-state index in [4.69, 9.17) is 4.74 Å². The van der Waals surface area contributed by atoms with E-state index >= 15 is 0 Å². The van der Waals surface area contributed by atoms with Gasteiger partial charge >= 0.3 is 5.97 Å². The van der Waals surface area contributed by atoms with E-state index in [2.05, 4.69) is 0 Å². The minimum Gasteiger partial charge on any atom is -0.483 e. The van der Waals surface area contributed by atoms with Gasteiger partial charge in [0.2, 0.25) is 0 Å². The molecule has 1 amide bonds. The first-order valence-electron chi connectivity index (χ1n) is 6.88. The Morgan fingerprint density at radius 1 is 1.43 bits per heavy atom. The smallest absolute Gasteiger partial charge is 0.327 e. The number of carboxylic acids is 1. The molecule has 6 heteroatoms. The van der Waals surface area contributed by atoms with Crippen LogP contribution in [0.25, 0.3) is 0 Å². The molecule has 2 unspecified atom stereocenters. The third-order valence-corrected chi connectivity index (χ3v) is 4.91. The Hall–Kier alpha value is -1.69. The second-order valence-electron chi connectivity index (χ2n) is 4.91. The SMILES string of the molecule is CCC1SCC(C(=O)O)N1C(=O)COc1ccccc1C. The van der Waals surface area contributed by atoms with Gasteiger partial charge in [0.1, 0.15) is 11.8 Å². The van der Waals surface area contributed by atoms with Crippen molar-refractivity contribution in [2.45, 2.75) is 31.7 Å². The van der Waals surface area contributed by atoms with E-state index in [0.717, 1.165) is 12.0 Å². The Morgan fingerprint density at radius 2 is 2.14 bits per heavy atom. The van der Waals surface area contributed by atoms with Gasteiger partial charge in [0, 0.05) is 5.75 Å². The predicted molar refractivity (Wildman–Crippen MR) is 81.5 cm³/mol.